The molecule has 1 aromatic rings. The summed E-state index contributed by atoms with van der Waals surface area (Å²) in [5, 5.41) is 7.29. The molecule has 6 heteroatoms. The second kappa shape index (κ2) is 6.26. The lowest BCUT2D eigenvalue weighted by atomic mass is 10.1. The average molecular weight is 281 g/mol. The Hall–Kier alpha value is -1.56. The SMILES string of the molecule is CC(C)(C)OC(=O)N1CCC(NCc2ccon2)CC1. The van der Waals surface area contributed by atoms with E-state index in [1.165, 1.54) is 0 Å². The Bertz CT molecular complexity index is 417. The number of nitrogens with zero attached hydrogens (tertiary/aromatic N) is 2. The topological polar surface area (TPSA) is 67.6 Å². The number of carbonyl (C=O) groups excluding carboxylic acids is 1. The zero-order valence-electron chi connectivity index (χ0n) is 12.4. The molecule has 1 fully saturated rings. The second-order valence-electron chi connectivity index (χ2n) is 6.11. The maximum Gasteiger partial charge on any atom is 0.410 e. The van der Waals surface area contributed by atoms with Crippen LogP contribution in [0.25, 0.3) is 0 Å². The highest BCUT2D eigenvalue weighted by atomic mass is 16.6. The first kappa shape index (κ1) is 14.8. The van der Waals surface area contributed by atoms with Gasteiger partial charge in [-0.2, -0.15) is 0 Å². The summed E-state index contributed by atoms with van der Waals surface area (Å²) >= 11 is 0. The molecular weight excluding hydrogens is 258 g/mol. The van der Waals surface area contributed by atoms with E-state index in [4.69, 9.17) is 9.26 Å². The number of hydrogen-bond donors (Lipinski definition) is 1. The fraction of sp³-hybridized carbons (Fsp3) is 0.714. The molecule has 0 unspecified atom stereocenters. The number of nitrogens with one attached hydrogen (secondary N) is 1. The molecule has 1 aromatic heterocycles. The van der Waals surface area contributed by atoms with Crippen LogP contribution < -0.4 is 5.32 Å². The van der Waals surface area contributed by atoms with Crippen LogP contribution >= 0.6 is 0 Å². The molecule has 112 valence electrons. The number of rotatable bonds is 3. The van der Waals surface area contributed by atoms with Crippen LogP contribution in [0.5, 0.6) is 0 Å². The standard InChI is InChI=1S/C14H23N3O3/c1-14(2,3)20-13(18)17-7-4-11(5-8-17)15-10-12-6-9-19-16-12/h6,9,11,15H,4-5,7-8,10H2,1-3H3. The molecular formula is C14H23N3O3. The van der Waals surface area contributed by atoms with Gasteiger partial charge in [-0.1, -0.05) is 5.16 Å². The first-order chi connectivity index (χ1) is 9.44. The van der Waals surface area contributed by atoms with Gasteiger partial charge in [0.2, 0.25) is 0 Å². The Balaban J connectivity index is 1.71. The minimum absolute atomic E-state index is 0.215. The first-order valence-electron chi connectivity index (χ1n) is 7.04. The average Bonchev–Trinajstić information content (AvgIpc) is 2.88. The smallest absolute Gasteiger partial charge is 0.410 e. The number of amides is 1. The zero-order chi connectivity index (χ0) is 14.6. The lowest BCUT2D eigenvalue weighted by Gasteiger charge is -2.33. The zero-order valence-corrected chi connectivity index (χ0v) is 12.4. The molecule has 1 aliphatic heterocycles. The van der Waals surface area contributed by atoms with Crippen molar-refractivity contribution in [1.29, 1.82) is 0 Å². The normalized spacial score (nSPS) is 17.2. The van der Waals surface area contributed by atoms with Crippen molar-refractivity contribution in [2.45, 2.75) is 51.8 Å². The van der Waals surface area contributed by atoms with Gasteiger partial charge in [-0.3, -0.25) is 0 Å². The van der Waals surface area contributed by atoms with Gasteiger partial charge in [-0.05, 0) is 33.6 Å². The van der Waals surface area contributed by atoms with Gasteiger partial charge in [0.25, 0.3) is 0 Å². The van der Waals surface area contributed by atoms with Crippen LogP contribution in [0.15, 0.2) is 16.9 Å². The molecule has 0 radical (unpaired) electrons. The van der Waals surface area contributed by atoms with E-state index in [-0.39, 0.29) is 6.09 Å². The van der Waals surface area contributed by atoms with E-state index in [1.54, 1.807) is 11.2 Å². The van der Waals surface area contributed by atoms with Crippen molar-refractivity contribution in [1.82, 2.24) is 15.4 Å². The van der Waals surface area contributed by atoms with Crippen molar-refractivity contribution in [3.63, 3.8) is 0 Å². The third kappa shape index (κ3) is 4.52. The van der Waals surface area contributed by atoms with Crippen molar-refractivity contribution < 1.29 is 14.1 Å². The van der Waals surface area contributed by atoms with E-state index in [9.17, 15) is 4.79 Å². The highest BCUT2D eigenvalue weighted by Gasteiger charge is 2.26. The van der Waals surface area contributed by atoms with Crippen LogP contribution in [0, 0.1) is 0 Å². The highest BCUT2D eigenvalue weighted by Crippen LogP contribution is 2.15. The van der Waals surface area contributed by atoms with Gasteiger partial charge < -0.3 is 19.5 Å². The Morgan fingerprint density at radius 3 is 2.75 bits per heavy atom. The van der Waals surface area contributed by atoms with Crippen LogP contribution in [0.1, 0.15) is 39.3 Å². The number of aromatic nitrogens is 1. The monoisotopic (exact) mass is 281 g/mol. The summed E-state index contributed by atoms with van der Waals surface area (Å²) in [6, 6.07) is 2.26. The van der Waals surface area contributed by atoms with Gasteiger partial charge in [0.15, 0.2) is 0 Å². The molecule has 0 atom stereocenters. The summed E-state index contributed by atoms with van der Waals surface area (Å²) in [6.07, 6.45) is 3.21. The molecule has 0 aromatic carbocycles. The molecule has 1 N–H and O–H groups in total. The van der Waals surface area contributed by atoms with Gasteiger partial charge in [0.1, 0.15) is 11.9 Å². The van der Waals surface area contributed by atoms with Crippen LogP contribution in [0.2, 0.25) is 0 Å². The Morgan fingerprint density at radius 2 is 2.20 bits per heavy atom. The molecule has 0 bridgehead atoms. The summed E-state index contributed by atoms with van der Waals surface area (Å²) < 4.78 is 10.2. The maximum atomic E-state index is 11.9. The molecule has 20 heavy (non-hydrogen) atoms. The molecule has 2 heterocycles. The first-order valence-corrected chi connectivity index (χ1v) is 7.04. The number of ether oxygens (including phenoxy) is 1. The van der Waals surface area contributed by atoms with Crippen molar-refractivity contribution >= 4 is 6.09 Å². The fourth-order valence-electron chi connectivity index (χ4n) is 2.17. The predicted molar refractivity (Wildman–Crippen MR) is 74.2 cm³/mol. The van der Waals surface area contributed by atoms with Crippen molar-refractivity contribution in [2.75, 3.05) is 13.1 Å². The van der Waals surface area contributed by atoms with Gasteiger partial charge in [-0.25, -0.2) is 4.79 Å². The molecule has 1 aliphatic rings. The predicted octanol–water partition coefficient (Wildman–Crippen LogP) is 2.16. The quantitative estimate of drug-likeness (QED) is 0.919. The van der Waals surface area contributed by atoms with Crippen LogP contribution in [-0.4, -0.2) is 40.9 Å². The summed E-state index contributed by atoms with van der Waals surface area (Å²) in [7, 11) is 0. The number of carbonyl (C=O) groups is 1. The number of piperidine rings is 1. The number of hydrogen-bond acceptors (Lipinski definition) is 5. The van der Waals surface area contributed by atoms with Crippen molar-refractivity contribution in [3.05, 3.63) is 18.0 Å². The summed E-state index contributed by atoms with van der Waals surface area (Å²) in [4.78, 5) is 13.7. The lowest BCUT2D eigenvalue weighted by molar-refractivity contribution is 0.0198. The van der Waals surface area contributed by atoms with Gasteiger partial charge in [-0.15, -0.1) is 0 Å². The lowest BCUT2D eigenvalue weighted by Crippen LogP contribution is -2.46. The largest absolute Gasteiger partial charge is 0.444 e. The third-order valence-electron chi connectivity index (χ3n) is 3.21. The third-order valence-corrected chi connectivity index (χ3v) is 3.21. The van der Waals surface area contributed by atoms with Gasteiger partial charge in [0, 0.05) is 31.7 Å². The Labute approximate surface area is 119 Å². The maximum absolute atomic E-state index is 11.9. The molecule has 1 saturated heterocycles. The second-order valence-corrected chi connectivity index (χ2v) is 6.11. The fourth-order valence-corrected chi connectivity index (χ4v) is 2.17. The molecule has 0 aliphatic carbocycles. The Morgan fingerprint density at radius 1 is 1.50 bits per heavy atom. The van der Waals surface area contributed by atoms with Crippen molar-refractivity contribution in [3.8, 4) is 0 Å². The van der Waals surface area contributed by atoms with E-state index < -0.39 is 5.60 Å². The van der Waals surface area contributed by atoms with Crippen molar-refractivity contribution in [2.24, 2.45) is 0 Å². The minimum Gasteiger partial charge on any atom is -0.444 e. The highest BCUT2D eigenvalue weighted by molar-refractivity contribution is 5.68. The molecule has 1 amide bonds. The van der Waals surface area contributed by atoms with Crippen LogP contribution in [-0.2, 0) is 11.3 Å². The number of likely N-dealkylation sites (tertiary alicyclic amines) is 1. The van der Waals surface area contributed by atoms with E-state index in [0.29, 0.717) is 12.6 Å². The minimum atomic E-state index is -0.431. The van der Waals surface area contributed by atoms with Crippen LogP contribution in [0.3, 0.4) is 0 Å². The van der Waals surface area contributed by atoms with E-state index in [0.717, 1.165) is 31.6 Å². The molecule has 0 spiro atoms. The summed E-state index contributed by atoms with van der Waals surface area (Å²) in [5.41, 5.74) is 0.471. The van der Waals surface area contributed by atoms with Gasteiger partial charge in [0.05, 0.1) is 5.69 Å². The van der Waals surface area contributed by atoms with E-state index >= 15 is 0 Å². The molecule has 6 nitrogen and oxygen atoms in total. The molecule has 0 saturated carbocycles. The van der Waals surface area contributed by atoms with Crippen LogP contribution in [0.4, 0.5) is 4.79 Å². The van der Waals surface area contributed by atoms with Gasteiger partial charge >= 0.3 is 6.09 Å². The summed E-state index contributed by atoms with van der Waals surface area (Å²) in [5.74, 6) is 0. The molecule has 2 rings (SSSR count). The van der Waals surface area contributed by atoms with E-state index in [2.05, 4.69) is 10.5 Å². The van der Waals surface area contributed by atoms with E-state index in [1.807, 2.05) is 26.8 Å². The summed E-state index contributed by atoms with van der Waals surface area (Å²) in [6.45, 7) is 7.82. The Kier molecular flexibility index (Phi) is 4.65.